The predicted octanol–water partition coefficient (Wildman–Crippen LogP) is 6.33. The SMILES string of the molecule is Cc1c(N2CCCC2C)nc2ccc(Br)cc2c1C(=O)NCC(CCC(=O)O)c1ccccc1Cl. The number of nitrogens with one attached hydrogen (secondary N) is 1. The van der Waals surface area contributed by atoms with Crippen LogP contribution in [-0.4, -0.2) is 41.1 Å². The van der Waals surface area contributed by atoms with Crippen molar-refractivity contribution < 1.29 is 14.7 Å². The van der Waals surface area contributed by atoms with Gasteiger partial charge in [0.15, 0.2) is 0 Å². The molecule has 1 aliphatic rings. The average molecular weight is 559 g/mol. The fraction of sp³-hybridized carbons (Fsp3) is 0.370. The average Bonchev–Trinajstić information content (AvgIpc) is 3.24. The Kier molecular flexibility index (Phi) is 7.97. The number of benzene rings is 2. The van der Waals surface area contributed by atoms with E-state index in [2.05, 4.69) is 33.1 Å². The number of aliphatic carboxylic acids is 1. The summed E-state index contributed by atoms with van der Waals surface area (Å²) in [6, 6.07) is 13.5. The Morgan fingerprint density at radius 3 is 2.74 bits per heavy atom. The van der Waals surface area contributed by atoms with Crippen molar-refractivity contribution in [3.8, 4) is 0 Å². The molecule has 2 heterocycles. The monoisotopic (exact) mass is 557 g/mol. The summed E-state index contributed by atoms with van der Waals surface area (Å²) in [5.74, 6) is -0.447. The van der Waals surface area contributed by atoms with Crippen LogP contribution in [0.15, 0.2) is 46.9 Å². The molecule has 1 saturated heterocycles. The Morgan fingerprint density at radius 1 is 1.29 bits per heavy atom. The molecular weight excluding hydrogens is 530 g/mol. The highest BCUT2D eigenvalue weighted by Crippen LogP contribution is 2.34. The van der Waals surface area contributed by atoms with Crippen molar-refractivity contribution in [3.63, 3.8) is 0 Å². The fourth-order valence-corrected chi connectivity index (χ4v) is 5.56. The Labute approximate surface area is 218 Å². The predicted molar refractivity (Wildman–Crippen MR) is 144 cm³/mol. The molecule has 1 aliphatic heterocycles. The van der Waals surface area contributed by atoms with Crippen LogP contribution in [0.5, 0.6) is 0 Å². The first-order chi connectivity index (χ1) is 16.8. The van der Waals surface area contributed by atoms with Crippen LogP contribution in [0.2, 0.25) is 5.02 Å². The number of carbonyl (C=O) groups excluding carboxylic acids is 1. The van der Waals surface area contributed by atoms with Gasteiger partial charge in [0.05, 0.1) is 11.1 Å². The largest absolute Gasteiger partial charge is 0.481 e. The zero-order valence-electron chi connectivity index (χ0n) is 19.9. The van der Waals surface area contributed by atoms with Crippen molar-refractivity contribution in [1.29, 1.82) is 0 Å². The van der Waals surface area contributed by atoms with Crippen LogP contribution in [0.1, 0.15) is 60.0 Å². The maximum atomic E-state index is 13.7. The van der Waals surface area contributed by atoms with Crippen LogP contribution in [0, 0.1) is 6.92 Å². The number of anilines is 1. The maximum Gasteiger partial charge on any atom is 0.303 e. The Balaban J connectivity index is 1.69. The number of rotatable bonds is 8. The van der Waals surface area contributed by atoms with Gasteiger partial charge in [-0.15, -0.1) is 0 Å². The quantitative estimate of drug-likeness (QED) is 0.338. The van der Waals surface area contributed by atoms with Crippen LogP contribution < -0.4 is 10.2 Å². The van der Waals surface area contributed by atoms with E-state index in [1.807, 2.05) is 43.3 Å². The first-order valence-electron chi connectivity index (χ1n) is 11.9. The molecule has 1 amide bonds. The molecule has 0 spiro atoms. The molecular formula is C27H29BrClN3O3. The topological polar surface area (TPSA) is 82.5 Å². The molecule has 0 bridgehead atoms. The van der Waals surface area contributed by atoms with Crippen LogP contribution in [0.25, 0.3) is 10.9 Å². The number of hydrogen-bond acceptors (Lipinski definition) is 4. The highest BCUT2D eigenvalue weighted by Gasteiger charge is 2.27. The first kappa shape index (κ1) is 25.5. The lowest BCUT2D eigenvalue weighted by atomic mass is 9.93. The summed E-state index contributed by atoms with van der Waals surface area (Å²) in [4.78, 5) is 32.2. The van der Waals surface area contributed by atoms with E-state index < -0.39 is 5.97 Å². The molecule has 1 aromatic heterocycles. The van der Waals surface area contributed by atoms with E-state index in [-0.39, 0.29) is 24.8 Å². The summed E-state index contributed by atoms with van der Waals surface area (Å²) < 4.78 is 0.873. The summed E-state index contributed by atoms with van der Waals surface area (Å²) in [7, 11) is 0. The van der Waals surface area contributed by atoms with Gasteiger partial charge in [-0.3, -0.25) is 9.59 Å². The van der Waals surface area contributed by atoms with Crippen LogP contribution in [0.4, 0.5) is 5.82 Å². The second-order valence-corrected chi connectivity index (χ2v) is 10.5. The minimum absolute atomic E-state index is 0.00702. The van der Waals surface area contributed by atoms with Gasteiger partial charge in [-0.25, -0.2) is 4.98 Å². The highest BCUT2D eigenvalue weighted by molar-refractivity contribution is 9.10. The highest BCUT2D eigenvalue weighted by atomic mass is 79.9. The molecule has 0 saturated carbocycles. The van der Waals surface area contributed by atoms with Gasteiger partial charge in [0.25, 0.3) is 5.91 Å². The molecule has 1 fully saturated rings. The number of hydrogen-bond donors (Lipinski definition) is 2. The van der Waals surface area contributed by atoms with Crippen LogP contribution >= 0.6 is 27.5 Å². The summed E-state index contributed by atoms with van der Waals surface area (Å²) in [6.45, 7) is 5.35. The van der Waals surface area contributed by atoms with Crippen LogP contribution in [-0.2, 0) is 4.79 Å². The number of fused-ring (bicyclic) bond motifs is 1. The standard InChI is InChI=1S/C27H29BrClN3O3/c1-16-6-5-13-32(16)26-17(2)25(21-14-19(28)10-11-23(21)31-26)27(35)30-15-18(9-12-24(33)34)20-7-3-4-8-22(20)29/h3-4,7-8,10-11,14,16,18H,5-6,9,12-13,15H2,1-2H3,(H,30,35)(H,33,34). The number of halogens is 2. The van der Waals surface area contributed by atoms with Gasteiger partial charge >= 0.3 is 5.97 Å². The maximum absolute atomic E-state index is 13.7. The number of amides is 1. The third-order valence-corrected chi connectivity index (χ3v) is 7.61. The lowest BCUT2D eigenvalue weighted by molar-refractivity contribution is -0.137. The number of carboxylic acids is 1. The molecule has 0 aliphatic carbocycles. The molecule has 8 heteroatoms. The zero-order valence-corrected chi connectivity index (χ0v) is 22.2. The zero-order chi connectivity index (χ0) is 25.1. The third kappa shape index (κ3) is 5.62. The number of carboxylic acid groups (broad SMARTS) is 1. The van der Waals surface area contributed by atoms with Crippen molar-refractivity contribution in [3.05, 3.63) is 68.7 Å². The molecule has 184 valence electrons. The van der Waals surface area contributed by atoms with E-state index in [9.17, 15) is 14.7 Å². The Morgan fingerprint density at radius 2 is 2.06 bits per heavy atom. The van der Waals surface area contributed by atoms with Crippen LogP contribution in [0.3, 0.4) is 0 Å². The van der Waals surface area contributed by atoms with E-state index in [0.717, 1.165) is 51.7 Å². The number of nitrogens with zero attached hydrogens (tertiary/aromatic N) is 2. The fourth-order valence-electron chi connectivity index (χ4n) is 4.91. The summed E-state index contributed by atoms with van der Waals surface area (Å²) in [5, 5.41) is 13.7. The lowest BCUT2D eigenvalue weighted by Gasteiger charge is -2.26. The van der Waals surface area contributed by atoms with Crippen molar-refractivity contribution in [1.82, 2.24) is 10.3 Å². The van der Waals surface area contributed by atoms with Gasteiger partial charge in [-0.2, -0.15) is 0 Å². The number of carbonyl (C=O) groups is 2. The lowest BCUT2D eigenvalue weighted by Crippen LogP contribution is -2.32. The van der Waals surface area contributed by atoms with E-state index in [1.165, 1.54) is 0 Å². The molecule has 2 aromatic carbocycles. The van der Waals surface area contributed by atoms with Crippen molar-refractivity contribution in [2.45, 2.75) is 51.5 Å². The van der Waals surface area contributed by atoms with Gasteiger partial charge in [-0.05, 0) is 62.9 Å². The first-order valence-corrected chi connectivity index (χ1v) is 13.0. The molecule has 0 radical (unpaired) electrons. The van der Waals surface area contributed by atoms with Crippen molar-refractivity contribution in [2.24, 2.45) is 0 Å². The molecule has 35 heavy (non-hydrogen) atoms. The molecule has 3 aromatic rings. The van der Waals surface area contributed by atoms with Gasteiger partial charge in [0.1, 0.15) is 5.82 Å². The summed E-state index contributed by atoms with van der Waals surface area (Å²) in [6.07, 6.45) is 2.57. The van der Waals surface area contributed by atoms with Crippen molar-refractivity contribution >= 4 is 56.1 Å². The second kappa shape index (κ2) is 11.0. The molecule has 2 unspecified atom stereocenters. The normalized spacial score (nSPS) is 16.5. The van der Waals surface area contributed by atoms with Gasteiger partial charge < -0.3 is 15.3 Å². The summed E-state index contributed by atoms with van der Waals surface area (Å²) >= 11 is 9.94. The van der Waals surface area contributed by atoms with E-state index in [1.54, 1.807) is 6.07 Å². The van der Waals surface area contributed by atoms with E-state index >= 15 is 0 Å². The van der Waals surface area contributed by atoms with Crippen molar-refractivity contribution in [2.75, 3.05) is 18.0 Å². The molecule has 6 nitrogen and oxygen atoms in total. The molecule has 2 N–H and O–H groups in total. The minimum atomic E-state index is -0.876. The van der Waals surface area contributed by atoms with Gasteiger partial charge in [0, 0.05) is 51.9 Å². The van der Waals surface area contributed by atoms with Gasteiger partial charge in [-0.1, -0.05) is 45.7 Å². The Hall–Kier alpha value is -2.64. The third-order valence-electron chi connectivity index (χ3n) is 6.78. The summed E-state index contributed by atoms with van der Waals surface area (Å²) in [5.41, 5.74) is 3.05. The van der Waals surface area contributed by atoms with E-state index in [0.29, 0.717) is 23.0 Å². The number of pyridine rings is 1. The second-order valence-electron chi connectivity index (χ2n) is 9.14. The molecule has 2 atom stereocenters. The molecule has 4 rings (SSSR count). The smallest absolute Gasteiger partial charge is 0.303 e. The number of aromatic nitrogens is 1. The van der Waals surface area contributed by atoms with Gasteiger partial charge in [0.2, 0.25) is 0 Å². The Bertz CT molecular complexity index is 1270. The minimum Gasteiger partial charge on any atom is -0.481 e. The van der Waals surface area contributed by atoms with E-state index in [4.69, 9.17) is 16.6 Å².